The lowest BCUT2D eigenvalue weighted by molar-refractivity contribution is -0.151. The van der Waals surface area contributed by atoms with Gasteiger partial charge < -0.3 is 14.4 Å². The summed E-state index contributed by atoms with van der Waals surface area (Å²) in [5, 5.41) is 3.35. The van der Waals surface area contributed by atoms with Crippen molar-refractivity contribution in [2.24, 2.45) is 0 Å². The minimum atomic E-state index is -0.627. The van der Waals surface area contributed by atoms with Gasteiger partial charge in [-0.2, -0.15) is 0 Å². The standard InChI is InChI=1S/C15H30N2O3/c1-6-20-14(18)15(4,16-12(2)3)8-9-17(5)13-7-10-19-11-13/h12-13,16H,6-11H2,1-5H3. The van der Waals surface area contributed by atoms with E-state index in [1.54, 1.807) is 0 Å². The number of ether oxygens (including phenoxy) is 2. The highest BCUT2D eigenvalue weighted by molar-refractivity contribution is 5.80. The second-order valence-electron chi connectivity index (χ2n) is 6.10. The van der Waals surface area contributed by atoms with Crippen molar-refractivity contribution in [1.29, 1.82) is 0 Å². The van der Waals surface area contributed by atoms with Gasteiger partial charge in [0.15, 0.2) is 0 Å². The smallest absolute Gasteiger partial charge is 0.326 e. The van der Waals surface area contributed by atoms with Crippen LogP contribution in [0.1, 0.15) is 40.5 Å². The molecule has 0 radical (unpaired) electrons. The van der Waals surface area contributed by atoms with Crippen LogP contribution in [-0.2, 0) is 14.3 Å². The van der Waals surface area contributed by atoms with E-state index in [9.17, 15) is 4.79 Å². The zero-order chi connectivity index (χ0) is 15.2. The lowest BCUT2D eigenvalue weighted by Gasteiger charge is -2.33. The van der Waals surface area contributed by atoms with Gasteiger partial charge in [-0.15, -0.1) is 0 Å². The third-order valence-electron chi connectivity index (χ3n) is 3.83. The minimum Gasteiger partial charge on any atom is -0.465 e. The molecule has 0 spiro atoms. The first-order chi connectivity index (χ1) is 9.39. The highest BCUT2D eigenvalue weighted by Crippen LogP contribution is 2.17. The third kappa shape index (κ3) is 5.04. The normalized spacial score (nSPS) is 22.2. The number of likely N-dealkylation sites (N-methyl/N-ethyl adjacent to an activating group) is 1. The third-order valence-corrected chi connectivity index (χ3v) is 3.83. The maximum atomic E-state index is 12.2. The molecule has 118 valence electrons. The number of carbonyl (C=O) groups excluding carboxylic acids is 1. The van der Waals surface area contributed by atoms with Crippen LogP contribution in [0.5, 0.6) is 0 Å². The van der Waals surface area contributed by atoms with Crippen LogP contribution in [0.15, 0.2) is 0 Å². The molecule has 0 aromatic rings. The summed E-state index contributed by atoms with van der Waals surface area (Å²) in [4.78, 5) is 14.5. The number of esters is 1. The summed E-state index contributed by atoms with van der Waals surface area (Å²) in [6, 6.07) is 0.713. The van der Waals surface area contributed by atoms with Gasteiger partial charge in [0.05, 0.1) is 13.2 Å². The molecule has 0 bridgehead atoms. The number of rotatable bonds is 8. The quantitative estimate of drug-likeness (QED) is 0.684. The van der Waals surface area contributed by atoms with Crippen LogP contribution in [0.2, 0.25) is 0 Å². The van der Waals surface area contributed by atoms with Crippen LogP contribution in [0.3, 0.4) is 0 Å². The van der Waals surface area contributed by atoms with Gasteiger partial charge in [-0.25, -0.2) is 0 Å². The van der Waals surface area contributed by atoms with E-state index in [1.165, 1.54) is 0 Å². The van der Waals surface area contributed by atoms with Crippen LogP contribution in [-0.4, -0.2) is 61.9 Å². The molecule has 1 rings (SSSR count). The summed E-state index contributed by atoms with van der Waals surface area (Å²) in [6.45, 7) is 10.8. The van der Waals surface area contributed by atoms with E-state index < -0.39 is 5.54 Å². The molecule has 5 nitrogen and oxygen atoms in total. The van der Waals surface area contributed by atoms with Crippen LogP contribution >= 0.6 is 0 Å². The summed E-state index contributed by atoms with van der Waals surface area (Å²) in [7, 11) is 2.10. The average Bonchev–Trinajstić information content (AvgIpc) is 2.89. The molecule has 0 saturated carbocycles. The Hall–Kier alpha value is -0.650. The Balaban J connectivity index is 2.57. The van der Waals surface area contributed by atoms with Crippen molar-refractivity contribution in [1.82, 2.24) is 10.2 Å². The van der Waals surface area contributed by atoms with E-state index in [0.29, 0.717) is 12.6 Å². The van der Waals surface area contributed by atoms with Crippen molar-refractivity contribution in [2.75, 3.05) is 33.4 Å². The summed E-state index contributed by atoms with van der Waals surface area (Å²) in [5.41, 5.74) is -0.627. The van der Waals surface area contributed by atoms with Gasteiger partial charge >= 0.3 is 5.97 Å². The lowest BCUT2D eigenvalue weighted by Crippen LogP contribution is -2.55. The van der Waals surface area contributed by atoms with Crippen LogP contribution in [0.4, 0.5) is 0 Å². The van der Waals surface area contributed by atoms with Crippen LogP contribution < -0.4 is 5.32 Å². The van der Waals surface area contributed by atoms with Crippen LogP contribution in [0, 0.1) is 0 Å². The summed E-state index contributed by atoms with van der Waals surface area (Å²) < 4.78 is 10.6. The first-order valence-corrected chi connectivity index (χ1v) is 7.62. The van der Waals surface area contributed by atoms with Gasteiger partial charge in [-0.1, -0.05) is 0 Å². The first kappa shape index (κ1) is 17.4. The Morgan fingerprint density at radius 2 is 2.25 bits per heavy atom. The zero-order valence-corrected chi connectivity index (χ0v) is 13.6. The molecule has 1 aliphatic rings. The Morgan fingerprint density at radius 3 is 2.75 bits per heavy atom. The number of nitrogens with one attached hydrogen (secondary N) is 1. The van der Waals surface area contributed by atoms with Gasteiger partial charge in [0.1, 0.15) is 5.54 Å². The number of hydrogen-bond donors (Lipinski definition) is 1. The predicted octanol–water partition coefficient (Wildman–Crippen LogP) is 1.42. The molecule has 2 atom stereocenters. The van der Waals surface area contributed by atoms with Crippen LogP contribution in [0.25, 0.3) is 0 Å². The van der Waals surface area contributed by atoms with Gasteiger partial charge in [0.25, 0.3) is 0 Å². The van der Waals surface area contributed by atoms with E-state index in [0.717, 1.165) is 32.6 Å². The Morgan fingerprint density at radius 1 is 1.55 bits per heavy atom. The van der Waals surface area contributed by atoms with E-state index in [1.807, 2.05) is 27.7 Å². The predicted molar refractivity (Wildman–Crippen MR) is 79.8 cm³/mol. The Kier molecular flexibility index (Phi) is 6.92. The molecule has 1 N–H and O–H groups in total. The number of nitrogens with zero attached hydrogens (tertiary/aromatic N) is 1. The van der Waals surface area contributed by atoms with E-state index >= 15 is 0 Å². The van der Waals surface area contributed by atoms with E-state index in [2.05, 4.69) is 17.3 Å². The number of hydrogen-bond acceptors (Lipinski definition) is 5. The molecule has 1 saturated heterocycles. The highest BCUT2D eigenvalue weighted by atomic mass is 16.5. The zero-order valence-electron chi connectivity index (χ0n) is 13.6. The maximum Gasteiger partial charge on any atom is 0.326 e. The topological polar surface area (TPSA) is 50.8 Å². The first-order valence-electron chi connectivity index (χ1n) is 7.62. The summed E-state index contributed by atoms with van der Waals surface area (Å²) in [6.07, 6.45) is 1.81. The molecule has 1 fully saturated rings. The summed E-state index contributed by atoms with van der Waals surface area (Å²) in [5.74, 6) is -0.162. The fourth-order valence-corrected chi connectivity index (χ4v) is 2.61. The molecule has 20 heavy (non-hydrogen) atoms. The molecule has 0 aromatic heterocycles. The Bertz CT molecular complexity index is 303. The van der Waals surface area contributed by atoms with Gasteiger partial charge in [-0.3, -0.25) is 10.1 Å². The van der Waals surface area contributed by atoms with Gasteiger partial charge in [0.2, 0.25) is 0 Å². The van der Waals surface area contributed by atoms with Gasteiger partial charge in [0, 0.05) is 25.2 Å². The van der Waals surface area contributed by atoms with E-state index in [4.69, 9.17) is 9.47 Å². The van der Waals surface area contributed by atoms with Crippen molar-refractivity contribution >= 4 is 5.97 Å². The molecule has 1 heterocycles. The molecule has 2 unspecified atom stereocenters. The highest BCUT2D eigenvalue weighted by Gasteiger charge is 2.35. The SMILES string of the molecule is CCOC(=O)C(C)(CCN(C)C1CCOC1)NC(C)C. The second kappa shape index (κ2) is 7.96. The summed E-state index contributed by atoms with van der Waals surface area (Å²) >= 11 is 0. The minimum absolute atomic E-state index is 0.162. The van der Waals surface area contributed by atoms with Crippen molar-refractivity contribution in [3.8, 4) is 0 Å². The fraction of sp³-hybridized carbons (Fsp3) is 0.933. The molecule has 5 heteroatoms. The Labute approximate surface area is 123 Å². The molecule has 0 aliphatic carbocycles. The molecular weight excluding hydrogens is 256 g/mol. The lowest BCUT2D eigenvalue weighted by atomic mass is 9.96. The monoisotopic (exact) mass is 286 g/mol. The largest absolute Gasteiger partial charge is 0.465 e. The number of carbonyl (C=O) groups is 1. The fourth-order valence-electron chi connectivity index (χ4n) is 2.61. The average molecular weight is 286 g/mol. The van der Waals surface area contributed by atoms with E-state index in [-0.39, 0.29) is 12.0 Å². The van der Waals surface area contributed by atoms with Crippen molar-refractivity contribution < 1.29 is 14.3 Å². The molecular formula is C15H30N2O3. The molecule has 0 aromatic carbocycles. The molecule has 0 amide bonds. The van der Waals surface area contributed by atoms with Crippen molar-refractivity contribution in [2.45, 2.75) is 58.2 Å². The van der Waals surface area contributed by atoms with Crippen molar-refractivity contribution in [3.63, 3.8) is 0 Å². The molecule has 1 aliphatic heterocycles. The van der Waals surface area contributed by atoms with Gasteiger partial charge in [-0.05, 0) is 47.6 Å². The van der Waals surface area contributed by atoms with Crippen molar-refractivity contribution in [3.05, 3.63) is 0 Å². The second-order valence-corrected chi connectivity index (χ2v) is 6.10. The maximum absolute atomic E-state index is 12.2.